The molecule has 0 N–H and O–H groups in total. The molecular formula is C15H12Cl2O4. The molecule has 0 saturated carbocycles. The average Bonchev–Trinajstić information content (AvgIpc) is 2.48. The lowest BCUT2D eigenvalue weighted by Crippen LogP contribution is -2.17. The summed E-state index contributed by atoms with van der Waals surface area (Å²) < 4.78 is 15.4. The van der Waals surface area contributed by atoms with E-state index in [0.717, 1.165) is 0 Å². The highest BCUT2D eigenvalue weighted by atomic mass is 35.5. The normalized spacial score (nSPS) is 10.0. The lowest BCUT2D eigenvalue weighted by atomic mass is 10.3. The van der Waals surface area contributed by atoms with Crippen molar-refractivity contribution in [2.75, 3.05) is 13.7 Å². The fourth-order valence-corrected chi connectivity index (χ4v) is 1.97. The molecule has 0 aliphatic rings. The van der Waals surface area contributed by atoms with Crippen LogP contribution in [0.1, 0.15) is 0 Å². The van der Waals surface area contributed by atoms with E-state index in [0.29, 0.717) is 16.5 Å². The van der Waals surface area contributed by atoms with Gasteiger partial charge in [-0.1, -0.05) is 23.2 Å². The van der Waals surface area contributed by atoms with E-state index in [2.05, 4.69) is 0 Å². The van der Waals surface area contributed by atoms with E-state index in [1.165, 1.54) is 12.1 Å². The van der Waals surface area contributed by atoms with Gasteiger partial charge in [0, 0.05) is 5.02 Å². The second kappa shape index (κ2) is 7.20. The zero-order chi connectivity index (χ0) is 15.2. The molecule has 0 amide bonds. The number of rotatable bonds is 5. The molecule has 21 heavy (non-hydrogen) atoms. The monoisotopic (exact) mass is 326 g/mol. The predicted octanol–water partition coefficient (Wildman–Crippen LogP) is 3.99. The van der Waals surface area contributed by atoms with Crippen molar-refractivity contribution in [3.63, 3.8) is 0 Å². The molecule has 0 saturated heterocycles. The van der Waals surface area contributed by atoms with Gasteiger partial charge in [-0.05, 0) is 42.5 Å². The number of halogens is 2. The van der Waals surface area contributed by atoms with Crippen molar-refractivity contribution in [1.29, 1.82) is 0 Å². The summed E-state index contributed by atoms with van der Waals surface area (Å²) in [5, 5.41) is 0.731. The van der Waals surface area contributed by atoms with Gasteiger partial charge in [-0.3, -0.25) is 0 Å². The Morgan fingerprint density at radius 1 is 1.05 bits per heavy atom. The summed E-state index contributed by atoms with van der Waals surface area (Å²) in [7, 11) is 1.57. The van der Waals surface area contributed by atoms with Crippen LogP contribution in [0.4, 0.5) is 0 Å². The van der Waals surface area contributed by atoms with Gasteiger partial charge in [-0.15, -0.1) is 0 Å². The molecule has 6 heteroatoms. The van der Waals surface area contributed by atoms with Crippen LogP contribution in [0.15, 0.2) is 42.5 Å². The van der Waals surface area contributed by atoms with E-state index in [-0.39, 0.29) is 17.4 Å². The Balaban J connectivity index is 1.89. The number of methoxy groups -OCH3 is 1. The van der Waals surface area contributed by atoms with Gasteiger partial charge in [0.1, 0.15) is 17.2 Å². The third-order valence-corrected chi connectivity index (χ3v) is 3.06. The third kappa shape index (κ3) is 4.55. The van der Waals surface area contributed by atoms with Crippen molar-refractivity contribution < 1.29 is 19.0 Å². The second-order valence-corrected chi connectivity index (χ2v) is 4.86. The van der Waals surface area contributed by atoms with Crippen LogP contribution in [-0.2, 0) is 4.79 Å². The first-order valence-electron chi connectivity index (χ1n) is 6.01. The smallest absolute Gasteiger partial charge is 0.349 e. The van der Waals surface area contributed by atoms with Gasteiger partial charge in [0.05, 0.1) is 12.1 Å². The lowest BCUT2D eigenvalue weighted by Gasteiger charge is -2.08. The molecule has 110 valence electrons. The van der Waals surface area contributed by atoms with Crippen molar-refractivity contribution in [1.82, 2.24) is 0 Å². The molecule has 0 unspecified atom stereocenters. The largest absolute Gasteiger partial charge is 0.497 e. The minimum Gasteiger partial charge on any atom is -0.497 e. The summed E-state index contributed by atoms with van der Waals surface area (Å²) in [6.45, 7) is -0.231. The van der Waals surface area contributed by atoms with E-state index < -0.39 is 5.97 Å². The Labute approximate surface area is 132 Å². The summed E-state index contributed by atoms with van der Waals surface area (Å²) in [6, 6.07) is 11.5. The van der Waals surface area contributed by atoms with Crippen molar-refractivity contribution in [3.8, 4) is 17.2 Å². The molecular weight excluding hydrogens is 315 g/mol. The molecule has 2 aromatic carbocycles. The van der Waals surface area contributed by atoms with Crippen molar-refractivity contribution in [2.45, 2.75) is 0 Å². The van der Waals surface area contributed by atoms with Crippen LogP contribution >= 0.6 is 23.2 Å². The number of carbonyl (C=O) groups is 1. The first-order chi connectivity index (χ1) is 10.1. The number of carbonyl (C=O) groups excluding carboxylic acids is 1. The fourth-order valence-electron chi connectivity index (χ4n) is 1.52. The minimum absolute atomic E-state index is 0.231. The lowest BCUT2D eigenvalue weighted by molar-refractivity contribution is -0.136. The fraction of sp³-hybridized carbons (Fsp3) is 0.133. The molecule has 0 aromatic heterocycles. The van der Waals surface area contributed by atoms with Crippen LogP contribution in [0.25, 0.3) is 0 Å². The highest BCUT2D eigenvalue weighted by Crippen LogP contribution is 2.27. The van der Waals surface area contributed by atoms with Crippen LogP contribution in [-0.4, -0.2) is 19.7 Å². The van der Waals surface area contributed by atoms with Gasteiger partial charge in [0.25, 0.3) is 0 Å². The van der Waals surface area contributed by atoms with E-state index in [4.69, 9.17) is 37.4 Å². The van der Waals surface area contributed by atoms with Gasteiger partial charge in [-0.2, -0.15) is 0 Å². The van der Waals surface area contributed by atoms with E-state index in [1.807, 2.05) is 0 Å². The molecule has 0 aliphatic heterocycles. The van der Waals surface area contributed by atoms with Crippen LogP contribution in [0.3, 0.4) is 0 Å². The van der Waals surface area contributed by atoms with Crippen molar-refractivity contribution in [3.05, 3.63) is 52.5 Å². The topological polar surface area (TPSA) is 44.8 Å². The molecule has 0 aliphatic carbocycles. The van der Waals surface area contributed by atoms with Gasteiger partial charge in [0.2, 0.25) is 0 Å². The van der Waals surface area contributed by atoms with Gasteiger partial charge in [0.15, 0.2) is 6.61 Å². The predicted molar refractivity (Wildman–Crippen MR) is 80.6 cm³/mol. The van der Waals surface area contributed by atoms with Gasteiger partial charge in [-0.25, -0.2) is 4.79 Å². The van der Waals surface area contributed by atoms with E-state index >= 15 is 0 Å². The average molecular weight is 327 g/mol. The van der Waals surface area contributed by atoms with E-state index in [9.17, 15) is 4.79 Å². The molecule has 0 atom stereocenters. The molecule has 4 nitrogen and oxygen atoms in total. The zero-order valence-electron chi connectivity index (χ0n) is 11.1. The standard InChI is InChI=1S/C15H12Cl2O4/c1-19-11-3-5-12(6-4-11)20-9-15(18)21-14-7-2-10(16)8-13(14)17/h2-8H,9H2,1H3. The van der Waals surface area contributed by atoms with Crippen LogP contribution in [0.2, 0.25) is 10.0 Å². The number of hydrogen-bond acceptors (Lipinski definition) is 4. The minimum atomic E-state index is -0.560. The van der Waals surface area contributed by atoms with Gasteiger partial charge >= 0.3 is 5.97 Å². The Bertz CT molecular complexity index is 626. The summed E-state index contributed by atoms with van der Waals surface area (Å²) in [6.07, 6.45) is 0. The molecule has 2 aromatic rings. The summed E-state index contributed by atoms with van der Waals surface area (Å²) in [5.74, 6) is 0.923. The highest BCUT2D eigenvalue weighted by Gasteiger charge is 2.09. The molecule has 0 radical (unpaired) electrons. The second-order valence-electron chi connectivity index (χ2n) is 4.01. The molecule has 0 fully saturated rings. The van der Waals surface area contributed by atoms with Crippen molar-refractivity contribution in [2.24, 2.45) is 0 Å². The molecule has 2 rings (SSSR count). The summed E-state index contributed by atoms with van der Waals surface area (Å²) >= 11 is 11.7. The first-order valence-corrected chi connectivity index (χ1v) is 6.76. The number of esters is 1. The van der Waals surface area contributed by atoms with Crippen LogP contribution in [0, 0.1) is 0 Å². The summed E-state index contributed by atoms with van der Waals surface area (Å²) in [4.78, 5) is 11.7. The van der Waals surface area contributed by atoms with Crippen LogP contribution in [0.5, 0.6) is 17.2 Å². The maximum absolute atomic E-state index is 11.7. The van der Waals surface area contributed by atoms with Crippen LogP contribution < -0.4 is 14.2 Å². The van der Waals surface area contributed by atoms with Gasteiger partial charge < -0.3 is 14.2 Å². The summed E-state index contributed by atoms with van der Waals surface area (Å²) in [5.41, 5.74) is 0. The Morgan fingerprint density at radius 3 is 2.33 bits per heavy atom. The Kier molecular flexibility index (Phi) is 5.31. The number of ether oxygens (including phenoxy) is 3. The zero-order valence-corrected chi connectivity index (χ0v) is 12.6. The quantitative estimate of drug-likeness (QED) is 0.615. The first kappa shape index (κ1) is 15.5. The maximum Gasteiger partial charge on any atom is 0.349 e. The van der Waals surface area contributed by atoms with Crippen molar-refractivity contribution >= 4 is 29.2 Å². The maximum atomic E-state index is 11.7. The molecule has 0 spiro atoms. The Hall–Kier alpha value is -1.91. The Morgan fingerprint density at radius 2 is 1.71 bits per heavy atom. The number of hydrogen-bond donors (Lipinski definition) is 0. The third-order valence-electron chi connectivity index (χ3n) is 2.53. The number of benzene rings is 2. The van der Waals surface area contributed by atoms with E-state index in [1.54, 1.807) is 37.4 Å². The highest BCUT2D eigenvalue weighted by molar-refractivity contribution is 6.35. The molecule has 0 heterocycles. The SMILES string of the molecule is COc1ccc(OCC(=O)Oc2ccc(Cl)cc2Cl)cc1. The molecule has 0 bridgehead atoms.